The molecule has 0 unspecified atom stereocenters. The molecule has 0 saturated carbocycles. The molecule has 154 valence electrons. The molecule has 0 radical (unpaired) electrons. The van der Waals surface area contributed by atoms with Gasteiger partial charge < -0.3 is 15.9 Å². The van der Waals surface area contributed by atoms with Crippen molar-refractivity contribution in [1.82, 2.24) is 24.7 Å². The van der Waals surface area contributed by atoms with Gasteiger partial charge in [-0.15, -0.1) is 10.2 Å². The van der Waals surface area contributed by atoms with Crippen LogP contribution < -0.4 is 15.9 Å². The van der Waals surface area contributed by atoms with Crippen molar-refractivity contribution in [2.24, 2.45) is 7.05 Å². The normalized spacial score (nSPS) is 11.1. The van der Waals surface area contributed by atoms with E-state index in [1.165, 1.54) is 22.0 Å². The van der Waals surface area contributed by atoms with E-state index in [2.05, 4.69) is 34.5 Å². The van der Waals surface area contributed by atoms with Crippen LogP contribution in [0.3, 0.4) is 0 Å². The maximum Gasteiger partial charge on any atom is 0.235 e. The second-order valence-corrected chi connectivity index (χ2v) is 7.86. The number of ether oxygens (including phenoxy) is 1. The number of carbonyl (C=O) groups is 1. The predicted octanol–water partition coefficient (Wildman–Crippen LogP) is 2.47. The van der Waals surface area contributed by atoms with Crippen molar-refractivity contribution in [2.45, 2.75) is 38.5 Å². The molecule has 3 N–H and O–H groups in total. The molecule has 1 aromatic carbocycles. The summed E-state index contributed by atoms with van der Waals surface area (Å²) in [5, 5.41) is 15.5. The van der Waals surface area contributed by atoms with E-state index in [1.807, 2.05) is 31.2 Å². The van der Waals surface area contributed by atoms with Crippen LogP contribution in [-0.2, 0) is 18.4 Å². The summed E-state index contributed by atoms with van der Waals surface area (Å²) >= 11 is 1.20. The molecular formula is C19H25N7O2S. The second kappa shape index (κ2) is 8.99. The van der Waals surface area contributed by atoms with Crippen LogP contribution in [0.15, 0.2) is 35.5 Å². The number of nitrogens with one attached hydrogen (secondary N) is 1. The third kappa shape index (κ3) is 5.29. The van der Waals surface area contributed by atoms with Crippen LogP contribution in [0.4, 0.5) is 5.82 Å². The summed E-state index contributed by atoms with van der Waals surface area (Å²) in [6.45, 7) is 6.34. The van der Waals surface area contributed by atoms with Gasteiger partial charge in [0.15, 0.2) is 5.82 Å². The van der Waals surface area contributed by atoms with Crippen molar-refractivity contribution in [3.05, 3.63) is 47.4 Å². The number of amides is 1. The second-order valence-electron chi connectivity index (χ2n) is 6.91. The molecule has 3 rings (SSSR count). The first kappa shape index (κ1) is 20.7. The molecule has 3 aromatic rings. The summed E-state index contributed by atoms with van der Waals surface area (Å²) in [5.74, 6) is 8.33. The first-order valence-electron chi connectivity index (χ1n) is 9.19. The van der Waals surface area contributed by atoms with E-state index >= 15 is 0 Å². The Labute approximate surface area is 173 Å². The van der Waals surface area contributed by atoms with Crippen LogP contribution in [0.2, 0.25) is 0 Å². The Morgan fingerprint density at radius 3 is 2.62 bits per heavy atom. The number of benzene rings is 1. The van der Waals surface area contributed by atoms with E-state index in [0.29, 0.717) is 22.7 Å². The van der Waals surface area contributed by atoms with Gasteiger partial charge in [-0.2, -0.15) is 5.10 Å². The number of rotatable bonds is 8. The van der Waals surface area contributed by atoms with E-state index in [4.69, 9.17) is 10.6 Å². The van der Waals surface area contributed by atoms with Crippen molar-refractivity contribution in [3.8, 4) is 5.75 Å². The number of nitrogen functional groups attached to an aromatic ring is 1. The summed E-state index contributed by atoms with van der Waals surface area (Å²) in [5.41, 5.74) is 2.08. The van der Waals surface area contributed by atoms with Crippen LogP contribution in [-0.4, -0.2) is 36.3 Å². The molecular weight excluding hydrogens is 390 g/mol. The van der Waals surface area contributed by atoms with Gasteiger partial charge in [-0.1, -0.05) is 37.7 Å². The fraction of sp³-hybridized carbons (Fsp3) is 0.368. The largest absolute Gasteiger partial charge is 0.486 e. The SMILES string of the molecule is Cc1cc(NC(=O)CSc2nnc(COc3ccc(C(C)C)cc3)n2N)n(C)n1. The van der Waals surface area contributed by atoms with Gasteiger partial charge in [-0.25, -0.2) is 4.68 Å². The summed E-state index contributed by atoms with van der Waals surface area (Å²) < 4.78 is 8.70. The molecule has 0 saturated heterocycles. The van der Waals surface area contributed by atoms with Gasteiger partial charge >= 0.3 is 0 Å². The Balaban J connectivity index is 1.52. The average Bonchev–Trinajstić information content (AvgIpc) is 3.19. The number of nitrogens with two attached hydrogens (primary N) is 1. The smallest absolute Gasteiger partial charge is 0.235 e. The maximum atomic E-state index is 12.2. The minimum absolute atomic E-state index is 0.150. The summed E-state index contributed by atoms with van der Waals surface area (Å²) in [7, 11) is 1.77. The van der Waals surface area contributed by atoms with Crippen LogP contribution in [0, 0.1) is 6.92 Å². The quantitative estimate of drug-likeness (QED) is 0.429. The predicted molar refractivity (Wildman–Crippen MR) is 112 cm³/mol. The molecule has 0 aliphatic heterocycles. The number of carbonyl (C=O) groups excluding carboxylic acids is 1. The van der Waals surface area contributed by atoms with E-state index in [-0.39, 0.29) is 18.3 Å². The Morgan fingerprint density at radius 1 is 1.28 bits per heavy atom. The number of anilines is 1. The molecule has 0 atom stereocenters. The standard InChI is InChI=1S/C19H25N7O2S/c1-12(2)14-5-7-15(8-6-14)28-10-17-22-23-19(26(17)20)29-11-18(27)21-16-9-13(3)24-25(16)4/h5-9,12H,10-11,20H2,1-4H3,(H,21,27). The molecule has 2 aromatic heterocycles. The molecule has 9 nitrogen and oxygen atoms in total. The Hall–Kier alpha value is -3.01. The minimum Gasteiger partial charge on any atom is -0.486 e. The van der Waals surface area contributed by atoms with Crippen molar-refractivity contribution in [2.75, 3.05) is 16.9 Å². The molecule has 0 aliphatic rings. The maximum absolute atomic E-state index is 12.2. The minimum atomic E-state index is -0.177. The topological polar surface area (TPSA) is 113 Å². The number of aromatic nitrogens is 5. The van der Waals surface area contributed by atoms with E-state index in [9.17, 15) is 4.79 Å². The van der Waals surface area contributed by atoms with Gasteiger partial charge in [0.25, 0.3) is 0 Å². The van der Waals surface area contributed by atoms with Crippen LogP contribution in [0.5, 0.6) is 5.75 Å². The highest BCUT2D eigenvalue weighted by molar-refractivity contribution is 7.99. The van der Waals surface area contributed by atoms with Crippen molar-refractivity contribution in [1.29, 1.82) is 0 Å². The van der Waals surface area contributed by atoms with Gasteiger partial charge in [0.2, 0.25) is 11.1 Å². The molecule has 29 heavy (non-hydrogen) atoms. The summed E-state index contributed by atoms with van der Waals surface area (Å²) in [6.07, 6.45) is 0. The molecule has 2 heterocycles. The third-order valence-electron chi connectivity index (χ3n) is 4.25. The third-order valence-corrected chi connectivity index (χ3v) is 5.19. The zero-order valence-electron chi connectivity index (χ0n) is 16.9. The number of hydrogen-bond acceptors (Lipinski definition) is 7. The van der Waals surface area contributed by atoms with Crippen molar-refractivity contribution in [3.63, 3.8) is 0 Å². The number of aryl methyl sites for hydroxylation is 2. The van der Waals surface area contributed by atoms with Gasteiger partial charge in [-0.05, 0) is 30.5 Å². The lowest BCUT2D eigenvalue weighted by molar-refractivity contribution is -0.113. The van der Waals surface area contributed by atoms with E-state index in [0.717, 1.165) is 11.4 Å². The highest BCUT2D eigenvalue weighted by Crippen LogP contribution is 2.20. The fourth-order valence-corrected chi connectivity index (χ4v) is 3.31. The lowest BCUT2D eigenvalue weighted by Gasteiger charge is -2.09. The lowest BCUT2D eigenvalue weighted by Crippen LogP contribution is -2.19. The zero-order chi connectivity index (χ0) is 21.0. The fourth-order valence-electron chi connectivity index (χ4n) is 2.64. The Morgan fingerprint density at radius 2 is 2.00 bits per heavy atom. The first-order chi connectivity index (χ1) is 13.8. The van der Waals surface area contributed by atoms with Gasteiger partial charge in [0.05, 0.1) is 11.4 Å². The molecule has 10 heteroatoms. The monoisotopic (exact) mass is 415 g/mol. The van der Waals surface area contributed by atoms with Gasteiger partial charge in [-0.3, -0.25) is 9.48 Å². The number of nitrogens with zero attached hydrogens (tertiary/aromatic N) is 5. The average molecular weight is 416 g/mol. The van der Waals surface area contributed by atoms with Crippen molar-refractivity contribution < 1.29 is 9.53 Å². The summed E-state index contributed by atoms with van der Waals surface area (Å²) in [4.78, 5) is 12.2. The van der Waals surface area contributed by atoms with Crippen molar-refractivity contribution >= 4 is 23.5 Å². The Bertz CT molecular complexity index is 979. The molecule has 1 amide bonds. The molecule has 0 spiro atoms. The highest BCUT2D eigenvalue weighted by Gasteiger charge is 2.14. The first-order valence-corrected chi connectivity index (χ1v) is 10.2. The zero-order valence-corrected chi connectivity index (χ0v) is 17.7. The molecule has 0 aliphatic carbocycles. The van der Waals surface area contributed by atoms with E-state index < -0.39 is 0 Å². The number of thioether (sulfide) groups is 1. The Kier molecular flexibility index (Phi) is 6.42. The van der Waals surface area contributed by atoms with Crippen LogP contribution in [0.1, 0.15) is 36.8 Å². The van der Waals surface area contributed by atoms with Crippen LogP contribution in [0.25, 0.3) is 0 Å². The highest BCUT2D eigenvalue weighted by atomic mass is 32.2. The van der Waals surface area contributed by atoms with Gasteiger partial charge in [0.1, 0.15) is 18.2 Å². The molecule has 0 fully saturated rings. The molecule has 0 bridgehead atoms. The summed E-state index contributed by atoms with van der Waals surface area (Å²) in [6, 6.07) is 9.73. The van der Waals surface area contributed by atoms with Crippen LogP contribution >= 0.6 is 11.8 Å². The van der Waals surface area contributed by atoms with Gasteiger partial charge in [0, 0.05) is 13.1 Å². The number of hydrogen-bond donors (Lipinski definition) is 2. The van der Waals surface area contributed by atoms with E-state index in [1.54, 1.807) is 17.8 Å². The lowest BCUT2D eigenvalue weighted by atomic mass is 10.0.